The fourth-order valence-corrected chi connectivity index (χ4v) is 2.06. The monoisotopic (exact) mass is 305 g/mol. The van der Waals surface area contributed by atoms with Crippen LogP contribution in [0.15, 0.2) is 30.3 Å². The molecule has 0 aliphatic rings. The summed E-state index contributed by atoms with van der Waals surface area (Å²) in [6.07, 6.45) is 3.16. The number of nitrogens with one attached hydrogen (secondary N) is 1. The number of carbonyl (C=O) groups is 1. The van der Waals surface area contributed by atoms with Gasteiger partial charge in [-0.2, -0.15) is 0 Å². The number of methoxy groups -OCH3 is 1. The van der Waals surface area contributed by atoms with Gasteiger partial charge in [-0.1, -0.05) is 23.5 Å². The molecule has 1 amide bonds. The smallest absolute Gasteiger partial charge is 0.250 e. The molecular formula is C14H15N3O3S. The molecule has 0 spiro atoms. The number of benzene rings is 1. The minimum absolute atomic E-state index is 0.207. The van der Waals surface area contributed by atoms with Crippen LogP contribution in [0.1, 0.15) is 10.6 Å². The number of carbonyl (C=O) groups excluding carboxylic acids is 1. The van der Waals surface area contributed by atoms with Crippen LogP contribution in [-0.4, -0.2) is 30.0 Å². The molecule has 0 aliphatic carbocycles. The van der Waals surface area contributed by atoms with Crippen molar-refractivity contribution in [2.45, 2.75) is 6.92 Å². The first-order valence-electron chi connectivity index (χ1n) is 6.18. The van der Waals surface area contributed by atoms with Crippen molar-refractivity contribution in [2.75, 3.05) is 19.2 Å². The van der Waals surface area contributed by atoms with Gasteiger partial charge in [0.1, 0.15) is 10.8 Å². The maximum Gasteiger partial charge on any atom is 0.250 e. The Morgan fingerprint density at radius 3 is 2.71 bits per heavy atom. The molecule has 0 saturated carbocycles. The molecule has 0 radical (unpaired) electrons. The van der Waals surface area contributed by atoms with Crippen molar-refractivity contribution in [3.05, 3.63) is 40.9 Å². The van der Waals surface area contributed by atoms with Gasteiger partial charge in [0.05, 0.1) is 0 Å². The number of aryl methyl sites for hydroxylation is 1. The molecule has 6 nitrogen and oxygen atoms in total. The van der Waals surface area contributed by atoms with Gasteiger partial charge in [-0.25, -0.2) is 0 Å². The van der Waals surface area contributed by atoms with Crippen LogP contribution in [0.25, 0.3) is 6.08 Å². The number of nitrogens with zero attached hydrogens (tertiary/aromatic N) is 2. The first-order chi connectivity index (χ1) is 10.2. The Morgan fingerprint density at radius 1 is 1.33 bits per heavy atom. The summed E-state index contributed by atoms with van der Waals surface area (Å²) in [5.41, 5.74) is 0.892. The van der Waals surface area contributed by atoms with Gasteiger partial charge in [-0.15, -0.1) is 10.2 Å². The Hall–Kier alpha value is -2.25. The van der Waals surface area contributed by atoms with Gasteiger partial charge in [0, 0.05) is 13.2 Å². The molecule has 1 N–H and O–H groups in total. The highest BCUT2D eigenvalue weighted by Gasteiger charge is 2.02. The minimum atomic E-state index is -0.245. The van der Waals surface area contributed by atoms with Gasteiger partial charge in [-0.05, 0) is 30.7 Å². The van der Waals surface area contributed by atoms with Crippen molar-refractivity contribution >= 4 is 28.5 Å². The second kappa shape index (κ2) is 7.51. The van der Waals surface area contributed by atoms with E-state index in [1.807, 2.05) is 31.2 Å². The van der Waals surface area contributed by atoms with E-state index in [-0.39, 0.29) is 12.7 Å². The first-order valence-corrected chi connectivity index (χ1v) is 7.00. The zero-order valence-electron chi connectivity index (χ0n) is 11.7. The molecule has 2 aromatic rings. The number of amides is 1. The Bertz CT molecular complexity index is 623. The van der Waals surface area contributed by atoms with Crippen LogP contribution in [0, 0.1) is 6.92 Å². The first kappa shape index (κ1) is 15.1. The predicted molar refractivity (Wildman–Crippen MR) is 81.3 cm³/mol. The van der Waals surface area contributed by atoms with Crippen LogP contribution in [0.2, 0.25) is 0 Å². The normalized spacial score (nSPS) is 10.8. The van der Waals surface area contributed by atoms with Crippen molar-refractivity contribution in [3.8, 4) is 5.75 Å². The third-order valence-electron chi connectivity index (χ3n) is 2.41. The number of aromatic nitrogens is 2. The molecule has 7 heteroatoms. The van der Waals surface area contributed by atoms with Crippen molar-refractivity contribution < 1.29 is 14.3 Å². The van der Waals surface area contributed by atoms with E-state index in [2.05, 4.69) is 15.5 Å². The number of hydrogen-bond acceptors (Lipinski definition) is 6. The van der Waals surface area contributed by atoms with Crippen molar-refractivity contribution in [1.29, 1.82) is 0 Å². The summed E-state index contributed by atoms with van der Waals surface area (Å²) in [5.74, 6) is 0.466. The van der Waals surface area contributed by atoms with Gasteiger partial charge in [0.25, 0.3) is 0 Å². The highest BCUT2D eigenvalue weighted by molar-refractivity contribution is 7.15. The summed E-state index contributed by atoms with van der Waals surface area (Å²) in [6, 6.07) is 7.32. The van der Waals surface area contributed by atoms with Crippen LogP contribution in [0.5, 0.6) is 5.75 Å². The summed E-state index contributed by atoms with van der Waals surface area (Å²) in [6.45, 7) is 2.04. The average molecular weight is 305 g/mol. The van der Waals surface area contributed by atoms with Gasteiger partial charge >= 0.3 is 0 Å². The van der Waals surface area contributed by atoms with Gasteiger partial charge in [0.15, 0.2) is 6.79 Å². The molecule has 2 rings (SSSR count). The molecule has 110 valence electrons. The number of rotatable bonds is 6. The Kier molecular flexibility index (Phi) is 5.42. The van der Waals surface area contributed by atoms with Crippen molar-refractivity contribution in [2.24, 2.45) is 0 Å². The molecule has 0 unspecified atom stereocenters. The van der Waals surface area contributed by atoms with E-state index in [9.17, 15) is 4.79 Å². The van der Waals surface area contributed by atoms with Crippen LogP contribution >= 0.6 is 11.3 Å². The standard InChI is InChI=1S/C14H15N3O3S/c1-10-16-17-14(21-10)15-13(18)8-5-11-3-6-12(7-4-11)20-9-19-2/h3-8H,9H2,1-2H3,(H,15,17,18)/b8-5+. The van der Waals surface area contributed by atoms with Crippen LogP contribution in [0.3, 0.4) is 0 Å². The van der Waals surface area contributed by atoms with E-state index in [0.717, 1.165) is 10.6 Å². The van der Waals surface area contributed by atoms with Crippen molar-refractivity contribution in [3.63, 3.8) is 0 Å². The lowest BCUT2D eigenvalue weighted by Crippen LogP contribution is -2.07. The minimum Gasteiger partial charge on any atom is -0.468 e. The van der Waals surface area contributed by atoms with E-state index in [4.69, 9.17) is 9.47 Å². The maximum absolute atomic E-state index is 11.7. The molecule has 1 aromatic heterocycles. The topological polar surface area (TPSA) is 73.3 Å². The van der Waals surface area contributed by atoms with Crippen LogP contribution in [-0.2, 0) is 9.53 Å². The van der Waals surface area contributed by atoms with Gasteiger partial charge in [-0.3, -0.25) is 10.1 Å². The molecule has 0 saturated heterocycles. The summed E-state index contributed by atoms with van der Waals surface area (Å²) >= 11 is 1.33. The lowest BCUT2D eigenvalue weighted by atomic mass is 10.2. The quantitative estimate of drug-likeness (QED) is 0.655. The fraction of sp³-hybridized carbons (Fsp3) is 0.214. The summed E-state index contributed by atoms with van der Waals surface area (Å²) in [7, 11) is 1.56. The van der Waals surface area contributed by atoms with Gasteiger partial charge < -0.3 is 9.47 Å². The zero-order valence-corrected chi connectivity index (χ0v) is 12.5. The number of ether oxygens (including phenoxy) is 2. The van der Waals surface area contributed by atoms with E-state index in [1.165, 1.54) is 17.4 Å². The Balaban J connectivity index is 1.89. The molecular weight excluding hydrogens is 290 g/mol. The second-order valence-electron chi connectivity index (χ2n) is 4.07. The maximum atomic E-state index is 11.7. The van der Waals surface area contributed by atoms with E-state index < -0.39 is 0 Å². The highest BCUT2D eigenvalue weighted by Crippen LogP contribution is 2.15. The highest BCUT2D eigenvalue weighted by atomic mass is 32.1. The van der Waals surface area contributed by atoms with E-state index >= 15 is 0 Å². The second-order valence-corrected chi connectivity index (χ2v) is 5.25. The summed E-state index contributed by atoms with van der Waals surface area (Å²) in [4.78, 5) is 11.7. The Labute approximate surface area is 126 Å². The summed E-state index contributed by atoms with van der Waals surface area (Å²) in [5, 5.41) is 11.6. The predicted octanol–water partition coefficient (Wildman–Crippen LogP) is 2.48. The molecule has 1 aromatic carbocycles. The lowest BCUT2D eigenvalue weighted by molar-refractivity contribution is -0.111. The van der Waals surface area contributed by atoms with Crippen LogP contribution in [0.4, 0.5) is 5.13 Å². The largest absolute Gasteiger partial charge is 0.468 e. The molecule has 0 aliphatic heterocycles. The Morgan fingerprint density at radius 2 is 2.10 bits per heavy atom. The fourth-order valence-electron chi connectivity index (χ4n) is 1.47. The van der Waals surface area contributed by atoms with E-state index in [0.29, 0.717) is 10.9 Å². The van der Waals surface area contributed by atoms with E-state index in [1.54, 1.807) is 13.2 Å². The van der Waals surface area contributed by atoms with Crippen molar-refractivity contribution in [1.82, 2.24) is 10.2 Å². The molecule has 0 bridgehead atoms. The zero-order chi connectivity index (χ0) is 15.1. The van der Waals surface area contributed by atoms with Gasteiger partial charge in [0.2, 0.25) is 11.0 Å². The number of anilines is 1. The third kappa shape index (κ3) is 4.97. The molecule has 0 fully saturated rings. The molecule has 1 heterocycles. The summed E-state index contributed by atoms with van der Waals surface area (Å²) < 4.78 is 10.1. The SMILES string of the molecule is COCOc1ccc(/C=C/C(=O)Nc2nnc(C)s2)cc1. The molecule has 21 heavy (non-hydrogen) atoms. The number of hydrogen-bond donors (Lipinski definition) is 1. The van der Waals surface area contributed by atoms with Crippen LogP contribution < -0.4 is 10.1 Å². The third-order valence-corrected chi connectivity index (χ3v) is 3.16. The molecule has 0 atom stereocenters. The lowest BCUT2D eigenvalue weighted by Gasteiger charge is -2.04. The average Bonchev–Trinajstić information content (AvgIpc) is 2.89.